The second-order valence-corrected chi connectivity index (χ2v) is 6.67. The molecule has 0 radical (unpaired) electrons. The molecule has 17 heavy (non-hydrogen) atoms. The van der Waals surface area contributed by atoms with Gasteiger partial charge in [-0.25, -0.2) is 0 Å². The minimum atomic E-state index is 0.617. The topological polar surface area (TPSA) is 15.3 Å². The van der Waals surface area contributed by atoms with Crippen molar-refractivity contribution in [3.05, 3.63) is 21.9 Å². The molecule has 0 amide bonds. The highest BCUT2D eigenvalue weighted by molar-refractivity contribution is 7.12. The summed E-state index contributed by atoms with van der Waals surface area (Å²) in [6, 6.07) is 5.25. The zero-order chi connectivity index (χ0) is 11.8. The van der Waals surface area contributed by atoms with Gasteiger partial charge in [0.15, 0.2) is 0 Å². The number of nitrogens with one attached hydrogen (secondary N) is 1. The van der Waals surface area contributed by atoms with Crippen LogP contribution in [0.5, 0.6) is 0 Å². The zero-order valence-corrected chi connectivity index (χ0v) is 11.6. The van der Waals surface area contributed by atoms with Crippen LogP contribution in [-0.4, -0.2) is 31.1 Å². The Morgan fingerprint density at radius 2 is 2.06 bits per heavy atom. The lowest BCUT2D eigenvalue weighted by Crippen LogP contribution is -2.28. The molecule has 2 fully saturated rings. The Morgan fingerprint density at radius 1 is 1.35 bits per heavy atom. The van der Waals surface area contributed by atoms with Gasteiger partial charge in [0.05, 0.1) is 0 Å². The molecule has 3 unspecified atom stereocenters. The average molecular weight is 250 g/mol. The van der Waals surface area contributed by atoms with Crippen molar-refractivity contribution in [3.8, 4) is 0 Å². The van der Waals surface area contributed by atoms with Crippen molar-refractivity contribution in [1.29, 1.82) is 0 Å². The number of fused-ring (bicyclic) bond motifs is 1. The highest BCUT2D eigenvalue weighted by atomic mass is 32.1. The Balaban J connectivity index is 1.68. The number of hydrogen-bond acceptors (Lipinski definition) is 3. The molecule has 2 aliphatic rings. The summed E-state index contributed by atoms with van der Waals surface area (Å²) in [5, 5.41) is 3.51. The molecule has 2 saturated heterocycles. The largest absolute Gasteiger partial charge is 0.316 e. The van der Waals surface area contributed by atoms with Gasteiger partial charge in [0, 0.05) is 28.9 Å². The smallest absolute Gasteiger partial charge is 0.0413 e. The summed E-state index contributed by atoms with van der Waals surface area (Å²) in [7, 11) is 0. The fraction of sp³-hybridized carbons (Fsp3) is 0.714. The van der Waals surface area contributed by atoms with Gasteiger partial charge in [0.2, 0.25) is 0 Å². The first-order chi connectivity index (χ1) is 8.28. The Morgan fingerprint density at radius 3 is 2.65 bits per heavy atom. The summed E-state index contributed by atoms with van der Waals surface area (Å²) in [5.41, 5.74) is 0. The molecule has 94 valence electrons. The lowest BCUT2D eigenvalue weighted by molar-refractivity contribution is 0.247. The number of rotatable bonds is 3. The van der Waals surface area contributed by atoms with Crippen LogP contribution >= 0.6 is 11.3 Å². The molecule has 0 spiro atoms. The standard InChI is InChI=1S/C14H22N2S/c1-3-13-4-5-14(17-13)10(2)16-8-11-6-15-7-12(11)9-16/h4-5,10-12,15H,3,6-9H2,1-2H3. The lowest BCUT2D eigenvalue weighted by Gasteiger charge is -2.24. The molecule has 3 atom stereocenters. The van der Waals surface area contributed by atoms with Crippen molar-refractivity contribution in [1.82, 2.24) is 10.2 Å². The van der Waals surface area contributed by atoms with Gasteiger partial charge < -0.3 is 5.32 Å². The average Bonchev–Trinajstić information content (AvgIpc) is 3.02. The van der Waals surface area contributed by atoms with Crippen molar-refractivity contribution in [2.75, 3.05) is 26.2 Å². The SMILES string of the molecule is CCc1ccc(C(C)N2CC3CNCC3C2)s1. The first kappa shape index (κ1) is 11.7. The molecule has 2 aliphatic heterocycles. The Bertz CT molecular complexity index is 375. The molecule has 3 heteroatoms. The van der Waals surface area contributed by atoms with E-state index in [1.165, 1.54) is 37.5 Å². The van der Waals surface area contributed by atoms with E-state index < -0.39 is 0 Å². The third kappa shape index (κ3) is 2.16. The highest BCUT2D eigenvalue weighted by Crippen LogP contribution is 2.35. The van der Waals surface area contributed by atoms with E-state index in [2.05, 4.69) is 36.2 Å². The maximum absolute atomic E-state index is 3.51. The van der Waals surface area contributed by atoms with Crippen molar-refractivity contribution in [2.24, 2.45) is 11.8 Å². The van der Waals surface area contributed by atoms with Crippen molar-refractivity contribution < 1.29 is 0 Å². The summed E-state index contributed by atoms with van der Waals surface area (Å²) in [6.45, 7) is 9.67. The molecular formula is C14H22N2S. The van der Waals surface area contributed by atoms with Crippen LogP contribution in [0, 0.1) is 11.8 Å². The molecule has 0 aromatic carbocycles. The number of likely N-dealkylation sites (tertiary alicyclic amines) is 1. The Kier molecular flexibility index (Phi) is 3.24. The van der Waals surface area contributed by atoms with Crippen molar-refractivity contribution >= 4 is 11.3 Å². The van der Waals surface area contributed by atoms with Crippen LogP contribution in [0.15, 0.2) is 12.1 Å². The van der Waals surface area contributed by atoms with Crippen LogP contribution in [-0.2, 0) is 6.42 Å². The number of aryl methyl sites for hydroxylation is 1. The van der Waals surface area contributed by atoms with Gasteiger partial charge >= 0.3 is 0 Å². The third-order valence-corrected chi connectivity index (χ3v) is 5.81. The highest BCUT2D eigenvalue weighted by Gasteiger charge is 2.38. The second-order valence-electron chi connectivity index (χ2n) is 5.47. The van der Waals surface area contributed by atoms with Crippen LogP contribution in [0.1, 0.15) is 29.6 Å². The third-order valence-electron chi connectivity index (χ3n) is 4.41. The first-order valence-electron chi connectivity index (χ1n) is 6.81. The van der Waals surface area contributed by atoms with Gasteiger partial charge in [0.25, 0.3) is 0 Å². The van der Waals surface area contributed by atoms with Crippen LogP contribution in [0.3, 0.4) is 0 Å². The molecule has 0 aliphatic carbocycles. The Labute approximate surface area is 108 Å². The summed E-state index contributed by atoms with van der Waals surface area (Å²) in [4.78, 5) is 5.75. The van der Waals surface area contributed by atoms with E-state index in [1.54, 1.807) is 4.88 Å². The van der Waals surface area contributed by atoms with E-state index >= 15 is 0 Å². The van der Waals surface area contributed by atoms with Crippen molar-refractivity contribution in [3.63, 3.8) is 0 Å². The van der Waals surface area contributed by atoms with Gasteiger partial charge in [-0.3, -0.25) is 4.90 Å². The fourth-order valence-corrected chi connectivity index (χ4v) is 4.24. The monoisotopic (exact) mass is 250 g/mol. The minimum absolute atomic E-state index is 0.617. The summed E-state index contributed by atoms with van der Waals surface area (Å²) in [5.74, 6) is 1.81. The van der Waals surface area contributed by atoms with Gasteiger partial charge in [-0.1, -0.05) is 6.92 Å². The van der Waals surface area contributed by atoms with Gasteiger partial charge in [0.1, 0.15) is 0 Å². The first-order valence-corrected chi connectivity index (χ1v) is 7.63. The molecule has 0 saturated carbocycles. The number of nitrogens with zero attached hydrogens (tertiary/aromatic N) is 1. The second kappa shape index (κ2) is 4.71. The molecule has 2 nitrogen and oxygen atoms in total. The Hall–Kier alpha value is -0.380. The molecule has 0 bridgehead atoms. The van der Waals surface area contributed by atoms with Gasteiger partial charge in [-0.2, -0.15) is 0 Å². The van der Waals surface area contributed by atoms with Crippen LogP contribution in [0.2, 0.25) is 0 Å². The fourth-order valence-electron chi connectivity index (χ4n) is 3.20. The molecule has 1 N–H and O–H groups in total. The van der Waals surface area contributed by atoms with Crippen molar-refractivity contribution in [2.45, 2.75) is 26.3 Å². The maximum atomic E-state index is 3.51. The lowest BCUT2D eigenvalue weighted by atomic mass is 10.0. The molecule has 1 aromatic rings. The summed E-state index contributed by atoms with van der Waals surface area (Å²) >= 11 is 2.00. The minimum Gasteiger partial charge on any atom is -0.316 e. The quantitative estimate of drug-likeness (QED) is 0.887. The van der Waals surface area contributed by atoms with Crippen LogP contribution < -0.4 is 5.32 Å². The summed E-state index contributed by atoms with van der Waals surface area (Å²) in [6.07, 6.45) is 1.17. The predicted octanol–water partition coefficient (Wildman–Crippen LogP) is 2.52. The molecule has 3 heterocycles. The molecule has 3 rings (SSSR count). The zero-order valence-electron chi connectivity index (χ0n) is 10.8. The maximum Gasteiger partial charge on any atom is 0.0413 e. The van der Waals surface area contributed by atoms with E-state index in [1.807, 2.05) is 11.3 Å². The summed E-state index contributed by atoms with van der Waals surface area (Å²) < 4.78 is 0. The molecular weight excluding hydrogens is 228 g/mol. The van der Waals surface area contributed by atoms with E-state index in [-0.39, 0.29) is 0 Å². The molecule has 1 aromatic heterocycles. The predicted molar refractivity (Wildman–Crippen MR) is 73.5 cm³/mol. The normalized spacial score (nSPS) is 30.7. The van der Waals surface area contributed by atoms with E-state index in [9.17, 15) is 0 Å². The van der Waals surface area contributed by atoms with Gasteiger partial charge in [-0.05, 0) is 50.4 Å². The number of hydrogen-bond donors (Lipinski definition) is 1. The van der Waals surface area contributed by atoms with E-state index in [4.69, 9.17) is 0 Å². The number of thiophene rings is 1. The van der Waals surface area contributed by atoms with E-state index in [0.29, 0.717) is 6.04 Å². The van der Waals surface area contributed by atoms with Crippen LogP contribution in [0.25, 0.3) is 0 Å². The van der Waals surface area contributed by atoms with E-state index in [0.717, 1.165) is 11.8 Å². The van der Waals surface area contributed by atoms with Crippen LogP contribution in [0.4, 0.5) is 0 Å². The van der Waals surface area contributed by atoms with Gasteiger partial charge in [-0.15, -0.1) is 11.3 Å².